The van der Waals surface area contributed by atoms with Crippen LogP contribution in [-0.4, -0.2) is 14.2 Å². The predicted molar refractivity (Wildman–Crippen MR) is 75.6 cm³/mol. The van der Waals surface area contributed by atoms with E-state index in [1.807, 2.05) is 20.8 Å². The molecule has 0 atom stereocenters. The molecule has 3 nitrogen and oxygen atoms in total. The van der Waals surface area contributed by atoms with E-state index in [1.165, 1.54) is 12.1 Å². The van der Waals surface area contributed by atoms with E-state index < -0.39 is 15.8 Å². The Morgan fingerprint density at radius 1 is 1.33 bits per heavy atom. The molecule has 1 rings (SSSR count). The summed E-state index contributed by atoms with van der Waals surface area (Å²) in [5.74, 6) is -0.616. The molecular weight excluding hydrogens is 321 g/mol. The number of sulfonamides is 1. The number of benzene rings is 1. The monoisotopic (exact) mass is 337 g/mol. The molecule has 0 radical (unpaired) electrons. The molecule has 1 aromatic carbocycles. The van der Waals surface area contributed by atoms with E-state index in [0.717, 1.165) is 0 Å². The number of rotatable bonds is 4. The molecule has 0 aliphatic rings. The normalized spacial score (nSPS) is 12.5. The van der Waals surface area contributed by atoms with Crippen LogP contribution in [0.5, 0.6) is 0 Å². The first-order chi connectivity index (χ1) is 8.09. The van der Waals surface area contributed by atoms with Gasteiger partial charge in [-0.3, -0.25) is 4.72 Å². The highest BCUT2D eigenvalue weighted by Crippen LogP contribution is 2.23. The molecular formula is C12H17BrFNO2S. The van der Waals surface area contributed by atoms with Crippen molar-refractivity contribution >= 4 is 31.6 Å². The zero-order chi connectivity index (χ0) is 14.0. The van der Waals surface area contributed by atoms with Crippen LogP contribution in [-0.2, 0) is 10.0 Å². The largest absolute Gasteiger partial charge is 0.281 e. The Morgan fingerprint density at radius 3 is 2.44 bits per heavy atom. The third-order valence-electron chi connectivity index (χ3n) is 2.32. The van der Waals surface area contributed by atoms with Crippen LogP contribution in [0.4, 0.5) is 10.1 Å². The molecule has 0 aromatic heterocycles. The number of halogens is 2. The fourth-order valence-corrected chi connectivity index (χ4v) is 3.05. The summed E-state index contributed by atoms with van der Waals surface area (Å²) in [6.07, 6.45) is 0.514. The highest BCUT2D eigenvalue weighted by atomic mass is 79.9. The summed E-state index contributed by atoms with van der Waals surface area (Å²) in [5, 5.41) is 0. The number of nitrogens with one attached hydrogen (secondary N) is 1. The average molecular weight is 338 g/mol. The van der Waals surface area contributed by atoms with Crippen molar-refractivity contribution in [2.45, 2.75) is 27.2 Å². The zero-order valence-electron chi connectivity index (χ0n) is 10.6. The lowest BCUT2D eigenvalue weighted by Crippen LogP contribution is -2.21. The molecule has 1 aromatic rings. The molecule has 0 heterocycles. The molecule has 0 saturated heterocycles. The van der Waals surface area contributed by atoms with E-state index >= 15 is 0 Å². The van der Waals surface area contributed by atoms with Gasteiger partial charge >= 0.3 is 0 Å². The smallest absolute Gasteiger partial charge is 0.232 e. The summed E-state index contributed by atoms with van der Waals surface area (Å²) < 4.78 is 39.9. The second-order valence-electron chi connectivity index (χ2n) is 5.36. The molecule has 0 aliphatic heterocycles. The van der Waals surface area contributed by atoms with Crippen molar-refractivity contribution < 1.29 is 12.8 Å². The van der Waals surface area contributed by atoms with Crippen LogP contribution < -0.4 is 4.72 Å². The van der Waals surface area contributed by atoms with E-state index in [0.29, 0.717) is 10.9 Å². The van der Waals surface area contributed by atoms with Crippen LogP contribution in [0.1, 0.15) is 27.2 Å². The standard InChI is InChI=1S/C12H17BrFNO2S/c1-12(2,3)6-7-18(16,17)15-11-5-4-9(13)8-10(11)14/h4-5,8,15H,6-7H2,1-3H3. The van der Waals surface area contributed by atoms with Crippen molar-refractivity contribution in [3.8, 4) is 0 Å². The quantitative estimate of drug-likeness (QED) is 0.908. The summed E-state index contributed by atoms with van der Waals surface area (Å²) in [6, 6.07) is 4.21. The van der Waals surface area contributed by atoms with E-state index in [4.69, 9.17) is 0 Å². The average Bonchev–Trinajstić information content (AvgIpc) is 2.19. The summed E-state index contributed by atoms with van der Waals surface area (Å²) >= 11 is 3.12. The topological polar surface area (TPSA) is 46.2 Å². The minimum absolute atomic E-state index is 0.0212. The second kappa shape index (κ2) is 5.57. The first-order valence-electron chi connectivity index (χ1n) is 5.55. The van der Waals surface area contributed by atoms with Gasteiger partial charge in [0.05, 0.1) is 11.4 Å². The number of anilines is 1. The van der Waals surface area contributed by atoms with Gasteiger partial charge in [0.2, 0.25) is 10.0 Å². The zero-order valence-corrected chi connectivity index (χ0v) is 13.0. The molecule has 1 N–H and O–H groups in total. The van der Waals surface area contributed by atoms with Gasteiger partial charge in [0.25, 0.3) is 0 Å². The van der Waals surface area contributed by atoms with Crippen LogP contribution in [0.15, 0.2) is 22.7 Å². The molecule has 0 aliphatic carbocycles. The Morgan fingerprint density at radius 2 is 1.94 bits per heavy atom. The highest BCUT2D eigenvalue weighted by molar-refractivity contribution is 9.10. The minimum atomic E-state index is -3.51. The number of hydrogen-bond donors (Lipinski definition) is 1. The second-order valence-corrected chi connectivity index (χ2v) is 8.11. The Balaban J connectivity index is 2.77. The molecule has 0 spiro atoms. The van der Waals surface area contributed by atoms with Gasteiger partial charge in [0.1, 0.15) is 5.82 Å². The molecule has 0 amide bonds. The van der Waals surface area contributed by atoms with Crippen molar-refractivity contribution in [2.75, 3.05) is 10.5 Å². The molecule has 0 unspecified atom stereocenters. The third kappa shape index (κ3) is 5.35. The first-order valence-corrected chi connectivity index (χ1v) is 7.99. The van der Waals surface area contributed by atoms with Gasteiger partial charge in [-0.2, -0.15) is 0 Å². The molecule has 0 bridgehead atoms. The molecule has 6 heteroatoms. The van der Waals surface area contributed by atoms with Gasteiger partial charge in [-0.25, -0.2) is 12.8 Å². The van der Waals surface area contributed by atoms with E-state index in [9.17, 15) is 12.8 Å². The summed E-state index contributed by atoms with van der Waals surface area (Å²) in [4.78, 5) is 0. The SMILES string of the molecule is CC(C)(C)CCS(=O)(=O)Nc1ccc(Br)cc1F. The van der Waals surface area contributed by atoms with Crippen molar-refractivity contribution in [3.63, 3.8) is 0 Å². The third-order valence-corrected chi connectivity index (χ3v) is 4.08. The van der Waals surface area contributed by atoms with Crippen LogP contribution in [0.2, 0.25) is 0 Å². The predicted octanol–water partition coefficient (Wildman–Crippen LogP) is 3.77. The molecule has 0 saturated carbocycles. The summed E-state index contributed by atoms with van der Waals surface area (Å²) in [5.41, 5.74) is -0.0976. The number of hydrogen-bond acceptors (Lipinski definition) is 2. The van der Waals surface area contributed by atoms with Crippen LogP contribution in [0.3, 0.4) is 0 Å². The summed E-state index contributed by atoms with van der Waals surface area (Å²) in [6.45, 7) is 5.88. The van der Waals surface area contributed by atoms with E-state index in [2.05, 4.69) is 20.7 Å². The maximum absolute atomic E-state index is 13.5. The van der Waals surface area contributed by atoms with Gasteiger partial charge in [-0.15, -0.1) is 0 Å². The Hall–Kier alpha value is -0.620. The van der Waals surface area contributed by atoms with E-state index in [1.54, 1.807) is 6.07 Å². The van der Waals surface area contributed by atoms with Crippen molar-refractivity contribution in [2.24, 2.45) is 5.41 Å². The van der Waals surface area contributed by atoms with Gasteiger partial charge < -0.3 is 0 Å². The lowest BCUT2D eigenvalue weighted by molar-refractivity contribution is 0.397. The summed E-state index contributed by atoms with van der Waals surface area (Å²) in [7, 11) is -3.51. The Bertz CT molecular complexity index is 523. The fourth-order valence-electron chi connectivity index (χ4n) is 1.23. The van der Waals surface area contributed by atoms with Crippen molar-refractivity contribution in [1.82, 2.24) is 0 Å². The maximum atomic E-state index is 13.5. The van der Waals surface area contributed by atoms with Crippen LogP contribution in [0, 0.1) is 11.2 Å². The Labute approximate surface area is 116 Å². The lowest BCUT2D eigenvalue weighted by atomic mass is 9.94. The van der Waals surface area contributed by atoms with E-state index in [-0.39, 0.29) is 16.9 Å². The van der Waals surface area contributed by atoms with Gasteiger partial charge in [0, 0.05) is 4.47 Å². The van der Waals surface area contributed by atoms with Gasteiger partial charge in [0.15, 0.2) is 0 Å². The lowest BCUT2D eigenvalue weighted by Gasteiger charge is -2.18. The molecule has 0 fully saturated rings. The minimum Gasteiger partial charge on any atom is -0.281 e. The first kappa shape index (κ1) is 15.4. The van der Waals surface area contributed by atoms with Crippen LogP contribution in [0.25, 0.3) is 0 Å². The van der Waals surface area contributed by atoms with Crippen molar-refractivity contribution in [3.05, 3.63) is 28.5 Å². The molecule has 102 valence electrons. The van der Waals surface area contributed by atoms with Crippen LogP contribution >= 0.6 is 15.9 Å². The maximum Gasteiger partial charge on any atom is 0.232 e. The Kier molecular flexibility index (Phi) is 4.78. The van der Waals surface area contributed by atoms with Crippen molar-refractivity contribution in [1.29, 1.82) is 0 Å². The molecule has 18 heavy (non-hydrogen) atoms. The fraction of sp³-hybridized carbons (Fsp3) is 0.500. The van der Waals surface area contributed by atoms with Gasteiger partial charge in [-0.1, -0.05) is 36.7 Å². The highest BCUT2D eigenvalue weighted by Gasteiger charge is 2.18. The van der Waals surface area contributed by atoms with Gasteiger partial charge in [-0.05, 0) is 30.0 Å².